The molecule has 18 nitrogen and oxygen atoms in total. The number of nitrogens with zero attached hydrogens (tertiary/aromatic N) is 14. The molecule has 750 valence electrons. The summed E-state index contributed by atoms with van der Waals surface area (Å²) in [4.78, 5) is 79.0. The number of alkyl halides is 3. The second kappa shape index (κ2) is 44.6. The van der Waals surface area contributed by atoms with Gasteiger partial charge in [0.25, 0.3) is 11.5 Å². The summed E-state index contributed by atoms with van der Waals surface area (Å²) in [6, 6.07) is 32.0. The molecule has 0 bridgehead atoms. The minimum absolute atomic E-state index is 0.00439. The molecule has 2 aliphatic heterocycles. The van der Waals surface area contributed by atoms with Crippen LogP contribution in [0.4, 0.5) is 24.7 Å². The van der Waals surface area contributed by atoms with E-state index in [4.69, 9.17) is 4.99 Å². The Morgan fingerprint density at radius 1 is 0.401 bits per heavy atom. The number of piperazine rings is 1. The maximum Gasteiger partial charge on any atom is 0.417 e. The summed E-state index contributed by atoms with van der Waals surface area (Å²) in [6.45, 7) is 92.4. The molecule has 10 aromatic rings. The van der Waals surface area contributed by atoms with Crippen LogP contribution >= 0.6 is 0 Å². The van der Waals surface area contributed by atoms with E-state index < -0.39 is 17.6 Å². The second-order valence-corrected chi connectivity index (χ2v) is 51.7. The van der Waals surface area contributed by atoms with Crippen LogP contribution in [0.2, 0.25) is 0 Å². The average molecular weight is 1880 g/mol. The SMILES string of the molecule is CC(C)(C)C1=Nc2ccc(C(C)(C)C)cc2C1.CC(C)(C)c1ccc(C(C)(C)C)c(=O)[nH]1.CC(C)(C)c1ccc(C(C)(C)C)cc1.CC(C)(C)c1cn2nc(C(C)(C)C)ccc2n1.CC(C)(C)c1cnc(C(C)(C)C)cn1.CC(C)(C)c1cnc(C(C)(C)C)nc1.CC(C)(C)c1cnc(C(C)(C)C)nc1.O=C(CCCC1CC1)c1ccc(N2CCN(C(=O)c3ccccc3C(F)(F)F)CC2)nn1. The van der Waals surface area contributed by atoms with Gasteiger partial charge in [-0.3, -0.25) is 29.3 Å². The molecule has 7 aromatic heterocycles. The summed E-state index contributed by atoms with van der Waals surface area (Å²) in [7, 11) is 0. The van der Waals surface area contributed by atoms with Gasteiger partial charge in [0.2, 0.25) is 0 Å². The summed E-state index contributed by atoms with van der Waals surface area (Å²) < 4.78 is 41.6. The van der Waals surface area contributed by atoms with Crippen molar-refractivity contribution in [2.75, 3.05) is 31.1 Å². The zero-order valence-electron chi connectivity index (χ0n) is 92.1. The molecule has 9 heterocycles. The number of hydrogen-bond donors (Lipinski definition) is 1. The minimum Gasteiger partial charge on any atom is -0.352 e. The van der Waals surface area contributed by atoms with Crippen LogP contribution in [0, 0.1) is 11.3 Å². The van der Waals surface area contributed by atoms with Crippen molar-refractivity contribution in [2.45, 2.75) is 406 Å². The van der Waals surface area contributed by atoms with Crippen LogP contribution in [-0.4, -0.2) is 108 Å². The van der Waals surface area contributed by atoms with E-state index in [2.05, 4.69) is 374 Å². The van der Waals surface area contributed by atoms with Crippen molar-refractivity contribution in [3.05, 3.63) is 253 Å². The van der Waals surface area contributed by atoms with E-state index in [1.165, 1.54) is 80.7 Å². The fraction of sp³-hybridized carbons (Fsp3) is 0.586. The first-order valence-corrected chi connectivity index (χ1v) is 49.2. The Balaban J connectivity index is 0.000000246. The molecule has 1 saturated heterocycles. The number of H-pyrrole nitrogens is 1. The highest BCUT2D eigenvalue weighted by Crippen LogP contribution is 2.39. The number of benzene rings is 3. The molecule has 13 rings (SSSR count). The number of ketones is 1. The third-order valence-corrected chi connectivity index (χ3v) is 24.0. The second-order valence-electron chi connectivity index (χ2n) is 51.7. The standard InChI is InChI=1S/C23H25F3N4O2.C16H23N.C14H21N3.C14H22.C13H21NO.3C12H20N2/c24-23(25,26)18-6-2-1-5-17(18)22(32)30-14-12-29(13-15-30)21-11-10-19(27-28-21)20(31)7-3-4-16-8-9-16;1-15(2,3)12-7-8-13-11(9-12)10-14(17-13)16(4,5)6;1-13(2,3)10-7-8-12-15-11(14(4,5)6)9-17(12)16-10;1-13(2,3)11-7-9-12(10-8-11)14(4,5)6;1-12(2,3)9-7-8-10(13(4,5)6)14-11(9)15;1-11(2,3)9-7-14-10(8-13-9)12(4,5)6;2*1-11(2,3)9-7-13-10(14-8-9)12(4,5)6/h1-2,5-6,10-11,16H,3-4,7-9,12-15H2;7-9H,10H2,1-6H3;7-9H,1-6H3;7-10H,1-6H3;7-8H,1-6H3,(H,14,15);3*7-8H,1-6H3. The molecule has 137 heavy (non-hydrogen) atoms. The number of pyridine rings is 1. The number of amides is 1. The molecule has 21 heteroatoms. The molecular weight excluding hydrogens is 1710 g/mol. The van der Waals surface area contributed by atoms with Crippen molar-refractivity contribution in [3.8, 4) is 0 Å². The maximum absolute atomic E-state index is 13.2. The number of imidazole rings is 1. The molecule has 1 aliphatic carbocycles. The topological polar surface area (TPSA) is 219 Å². The smallest absolute Gasteiger partial charge is 0.352 e. The zero-order valence-corrected chi connectivity index (χ0v) is 92.1. The van der Waals surface area contributed by atoms with Gasteiger partial charge >= 0.3 is 6.18 Å². The number of nitrogens with one attached hydrogen (secondary N) is 1. The van der Waals surface area contributed by atoms with Crippen LogP contribution in [0.5, 0.6) is 0 Å². The lowest BCUT2D eigenvalue weighted by Gasteiger charge is -2.35. The summed E-state index contributed by atoms with van der Waals surface area (Å²) >= 11 is 0. The zero-order chi connectivity index (χ0) is 104. The quantitative estimate of drug-likeness (QED) is 0.147. The van der Waals surface area contributed by atoms with Gasteiger partial charge in [-0.25, -0.2) is 29.4 Å². The average Bonchev–Trinajstić information content (AvgIpc) is 1.44. The van der Waals surface area contributed by atoms with Gasteiger partial charge in [0.15, 0.2) is 17.2 Å². The Morgan fingerprint density at radius 2 is 0.847 bits per heavy atom. The number of anilines is 1. The first kappa shape index (κ1) is 116. The molecule has 3 aromatic carbocycles. The molecule has 0 spiro atoms. The van der Waals surface area contributed by atoms with E-state index >= 15 is 0 Å². The van der Waals surface area contributed by atoms with Gasteiger partial charge in [-0.15, -0.1) is 10.2 Å². The minimum atomic E-state index is -4.58. The van der Waals surface area contributed by atoms with E-state index in [9.17, 15) is 27.6 Å². The third-order valence-electron chi connectivity index (χ3n) is 24.0. The number of halogens is 3. The maximum atomic E-state index is 13.2. The highest BCUT2D eigenvalue weighted by atomic mass is 19.4. The Morgan fingerprint density at radius 3 is 1.22 bits per heavy atom. The van der Waals surface area contributed by atoms with Gasteiger partial charge in [0, 0.05) is 136 Å². The van der Waals surface area contributed by atoms with E-state index in [-0.39, 0.29) is 106 Å². The molecule has 0 unspecified atom stereocenters. The van der Waals surface area contributed by atoms with Crippen LogP contribution < -0.4 is 10.5 Å². The Hall–Kier alpha value is -10.1. The van der Waals surface area contributed by atoms with Crippen molar-refractivity contribution in [1.29, 1.82) is 0 Å². The fourth-order valence-electron chi connectivity index (χ4n) is 14.0. The molecular formula is C116H172F3N15O3. The number of carbonyl (C=O) groups excluding carboxylic acids is 2. The Labute approximate surface area is 823 Å². The van der Waals surface area contributed by atoms with Gasteiger partial charge in [0.1, 0.15) is 17.3 Å². The number of hydrogen-bond acceptors (Lipinski definition) is 15. The Kier molecular flexibility index (Phi) is 37.7. The van der Waals surface area contributed by atoms with Crippen LogP contribution in [0.1, 0.15) is 428 Å². The van der Waals surface area contributed by atoms with Crippen molar-refractivity contribution in [3.63, 3.8) is 0 Å². The highest BCUT2D eigenvalue weighted by Gasteiger charge is 2.38. The van der Waals surface area contributed by atoms with E-state index in [0.717, 1.165) is 82.6 Å². The lowest BCUT2D eigenvalue weighted by atomic mass is 9.82. The lowest BCUT2D eigenvalue weighted by molar-refractivity contribution is -0.138. The highest BCUT2D eigenvalue weighted by molar-refractivity contribution is 5.98. The predicted molar refractivity (Wildman–Crippen MR) is 565 cm³/mol. The van der Waals surface area contributed by atoms with Gasteiger partial charge in [-0.2, -0.15) is 18.3 Å². The summed E-state index contributed by atoms with van der Waals surface area (Å²) in [6.07, 6.45) is 15.0. The molecule has 1 N–H and O–H groups in total. The monoisotopic (exact) mass is 1880 g/mol. The summed E-state index contributed by atoms with van der Waals surface area (Å²) in [5.74, 6) is 2.56. The molecule has 2 fully saturated rings. The number of rotatable bonds is 7. The van der Waals surface area contributed by atoms with E-state index in [1.807, 2.05) is 91.8 Å². The first-order chi connectivity index (χ1) is 62.1. The predicted octanol–water partition coefficient (Wildman–Crippen LogP) is 28.7. The summed E-state index contributed by atoms with van der Waals surface area (Å²) in [5, 5.41) is 12.9. The number of carbonyl (C=O) groups is 2. The number of aliphatic imine (C=N–C) groups is 1. The van der Waals surface area contributed by atoms with Crippen LogP contribution in [0.3, 0.4) is 0 Å². The number of aromatic nitrogens is 12. The largest absolute Gasteiger partial charge is 0.417 e. The normalized spacial score (nSPS) is 14.3. The first-order valence-electron chi connectivity index (χ1n) is 49.2. The lowest BCUT2D eigenvalue weighted by Crippen LogP contribution is -2.49. The number of fused-ring (bicyclic) bond motifs is 2. The van der Waals surface area contributed by atoms with E-state index in [1.54, 1.807) is 12.1 Å². The molecule has 0 atom stereocenters. The van der Waals surface area contributed by atoms with E-state index in [0.29, 0.717) is 31.0 Å². The van der Waals surface area contributed by atoms with Gasteiger partial charge < -0.3 is 14.8 Å². The van der Waals surface area contributed by atoms with Crippen molar-refractivity contribution in [2.24, 2.45) is 16.3 Å². The van der Waals surface area contributed by atoms with Crippen LogP contribution in [-0.2, 0) is 83.0 Å². The number of Topliss-reactive ketones (excluding diaryl/α,β-unsaturated/α-hetero) is 1. The van der Waals surface area contributed by atoms with Gasteiger partial charge in [0.05, 0.1) is 45.8 Å². The van der Waals surface area contributed by atoms with Crippen molar-refractivity contribution >= 4 is 34.6 Å². The van der Waals surface area contributed by atoms with Gasteiger partial charge in [-0.05, 0) is 127 Å². The molecule has 0 radical (unpaired) electrons. The van der Waals surface area contributed by atoms with Crippen LogP contribution in [0.15, 0.2) is 156 Å². The molecule has 3 aliphatic rings. The van der Waals surface area contributed by atoms with Crippen molar-refractivity contribution in [1.82, 2.24) is 64.6 Å². The molecule has 1 saturated carbocycles. The fourth-order valence-corrected chi connectivity index (χ4v) is 14.0. The van der Waals surface area contributed by atoms with Crippen LogP contribution in [0.25, 0.3) is 5.65 Å². The molecule has 1 amide bonds. The third kappa shape index (κ3) is 36.3. The van der Waals surface area contributed by atoms with Gasteiger partial charge in [-0.1, -0.05) is 365 Å². The Bertz CT molecular complexity index is 5220. The number of aromatic amines is 1. The van der Waals surface area contributed by atoms with Crippen molar-refractivity contribution < 1.29 is 22.8 Å². The summed E-state index contributed by atoms with van der Waals surface area (Å²) in [5.41, 5.74) is 18.1.